The van der Waals surface area contributed by atoms with Crippen molar-refractivity contribution in [2.75, 3.05) is 56.0 Å². The van der Waals surface area contributed by atoms with Gasteiger partial charge in [-0.05, 0) is 49.2 Å². The van der Waals surface area contributed by atoms with Gasteiger partial charge < -0.3 is 20.4 Å². The first kappa shape index (κ1) is 23.7. The summed E-state index contributed by atoms with van der Waals surface area (Å²) in [5.41, 5.74) is 2.79. The molecule has 0 saturated carbocycles. The number of nitrogens with zero attached hydrogens (tertiary/aromatic N) is 4. The molecule has 180 valence electrons. The molecule has 0 bridgehead atoms. The van der Waals surface area contributed by atoms with Gasteiger partial charge in [-0.1, -0.05) is 12.1 Å². The molecule has 34 heavy (non-hydrogen) atoms. The first-order valence-electron chi connectivity index (χ1n) is 11.7. The number of pyridine rings is 1. The number of hydrogen-bond acceptors (Lipinski definition) is 6. The van der Waals surface area contributed by atoms with Gasteiger partial charge in [0.1, 0.15) is 11.9 Å². The quantitative estimate of drug-likeness (QED) is 0.666. The number of rotatable bonds is 6. The van der Waals surface area contributed by atoms with Crippen LogP contribution in [0.3, 0.4) is 0 Å². The van der Waals surface area contributed by atoms with Gasteiger partial charge in [-0.3, -0.25) is 19.3 Å². The average Bonchev–Trinajstić information content (AvgIpc) is 2.80. The zero-order valence-electron chi connectivity index (χ0n) is 19.8. The molecule has 2 aliphatic heterocycles. The van der Waals surface area contributed by atoms with Crippen LogP contribution in [0.2, 0.25) is 0 Å². The fraction of sp³-hybridized carbons (Fsp3) is 0.440. The molecule has 9 heteroatoms. The third-order valence-corrected chi connectivity index (χ3v) is 6.24. The highest BCUT2D eigenvalue weighted by atomic mass is 16.2. The number of benzene rings is 1. The third-order valence-electron chi connectivity index (χ3n) is 6.24. The Morgan fingerprint density at radius 2 is 1.79 bits per heavy atom. The summed E-state index contributed by atoms with van der Waals surface area (Å²) in [7, 11) is 0. The van der Waals surface area contributed by atoms with Crippen LogP contribution < -0.4 is 15.5 Å². The molecule has 3 heterocycles. The Kier molecular flexibility index (Phi) is 7.42. The summed E-state index contributed by atoms with van der Waals surface area (Å²) in [6.07, 6.45) is 1.71. The van der Waals surface area contributed by atoms with Crippen molar-refractivity contribution in [3.63, 3.8) is 0 Å². The van der Waals surface area contributed by atoms with Gasteiger partial charge in [0, 0.05) is 51.2 Å². The van der Waals surface area contributed by atoms with E-state index < -0.39 is 6.04 Å². The molecule has 2 aliphatic rings. The number of nitrogens with one attached hydrogen (secondary N) is 2. The van der Waals surface area contributed by atoms with Crippen molar-refractivity contribution in [1.82, 2.24) is 20.1 Å². The molecule has 0 spiro atoms. The maximum atomic E-state index is 13.1. The van der Waals surface area contributed by atoms with Crippen LogP contribution in [0.25, 0.3) is 0 Å². The van der Waals surface area contributed by atoms with E-state index in [-0.39, 0.29) is 30.7 Å². The SMILES string of the molecule is Cc1cc(C)cc(NC(=O)CC2C(=O)NCCN2C(=O)CN2CCN(c3ccccn3)CC2)c1. The zero-order valence-corrected chi connectivity index (χ0v) is 19.8. The molecule has 0 radical (unpaired) electrons. The minimum absolute atomic E-state index is 0.0714. The van der Waals surface area contributed by atoms with E-state index in [2.05, 4.69) is 25.4 Å². The summed E-state index contributed by atoms with van der Waals surface area (Å²) in [6.45, 7) is 8.01. The van der Waals surface area contributed by atoms with Crippen LogP contribution in [0, 0.1) is 13.8 Å². The van der Waals surface area contributed by atoms with Gasteiger partial charge in [0.15, 0.2) is 0 Å². The second kappa shape index (κ2) is 10.6. The van der Waals surface area contributed by atoms with E-state index in [1.54, 1.807) is 11.1 Å². The third kappa shape index (κ3) is 5.91. The normalized spacial score (nSPS) is 19.0. The van der Waals surface area contributed by atoms with Crippen molar-refractivity contribution in [3.05, 3.63) is 53.7 Å². The molecule has 9 nitrogen and oxygen atoms in total. The van der Waals surface area contributed by atoms with Gasteiger partial charge in [0.2, 0.25) is 17.7 Å². The van der Waals surface area contributed by atoms with Gasteiger partial charge in [0.05, 0.1) is 13.0 Å². The fourth-order valence-electron chi connectivity index (χ4n) is 4.61. The molecule has 1 aromatic heterocycles. The predicted molar refractivity (Wildman–Crippen MR) is 131 cm³/mol. The zero-order chi connectivity index (χ0) is 24.1. The lowest BCUT2D eigenvalue weighted by atomic mass is 10.1. The van der Waals surface area contributed by atoms with E-state index in [1.165, 1.54) is 0 Å². The van der Waals surface area contributed by atoms with Crippen LogP contribution in [-0.2, 0) is 14.4 Å². The highest BCUT2D eigenvalue weighted by Crippen LogP contribution is 2.17. The Bertz CT molecular complexity index is 1020. The number of aromatic nitrogens is 1. The van der Waals surface area contributed by atoms with Crippen LogP contribution in [-0.4, -0.2) is 84.4 Å². The van der Waals surface area contributed by atoms with Crippen LogP contribution in [0.5, 0.6) is 0 Å². The van der Waals surface area contributed by atoms with Crippen LogP contribution in [0.15, 0.2) is 42.6 Å². The van der Waals surface area contributed by atoms with Gasteiger partial charge in [-0.2, -0.15) is 0 Å². The highest BCUT2D eigenvalue weighted by molar-refractivity contribution is 5.97. The van der Waals surface area contributed by atoms with E-state index in [4.69, 9.17) is 0 Å². The molecule has 1 unspecified atom stereocenters. The van der Waals surface area contributed by atoms with Crippen LogP contribution in [0.4, 0.5) is 11.5 Å². The minimum Gasteiger partial charge on any atom is -0.354 e. The standard InChI is InChI=1S/C25H32N6O3/c1-18-13-19(2)15-20(14-18)28-23(32)16-21-25(34)27-7-8-31(21)24(33)17-29-9-11-30(12-10-29)22-5-3-4-6-26-22/h3-6,13-15,21H,7-12,16-17H2,1-2H3,(H,27,34)(H,28,32). The molecule has 2 N–H and O–H groups in total. The average molecular weight is 465 g/mol. The highest BCUT2D eigenvalue weighted by Gasteiger charge is 2.35. The Morgan fingerprint density at radius 3 is 2.47 bits per heavy atom. The lowest BCUT2D eigenvalue weighted by Gasteiger charge is -2.38. The van der Waals surface area contributed by atoms with E-state index in [1.807, 2.05) is 50.2 Å². The van der Waals surface area contributed by atoms with Gasteiger partial charge >= 0.3 is 0 Å². The van der Waals surface area contributed by atoms with E-state index in [0.717, 1.165) is 43.1 Å². The second-order valence-corrected chi connectivity index (χ2v) is 8.97. The summed E-state index contributed by atoms with van der Waals surface area (Å²) in [4.78, 5) is 48.7. The molecule has 1 atom stereocenters. The first-order chi connectivity index (χ1) is 16.4. The summed E-state index contributed by atoms with van der Waals surface area (Å²) in [5.74, 6) is 0.255. The molecule has 3 amide bonds. The Labute approximate surface area is 200 Å². The largest absolute Gasteiger partial charge is 0.354 e. The molecule has 2 saturated heterocycles. The number of anilines is 2. The summed E-state index contributed by atoms with van der Waals surface area (Å²) < 4.78 is 0. The van der Waals surface area contributed by atoms with Gasteiger partial charge in [-0.25, -0.2) is 4.98 Å². The molecule has 4 rings (SSSR count). The van der Waals surface area contributed by atoms with E-state index >= 15 is 0 Å². The smallest absolute Gasteiger partial charge is 0.243 e. The Hall–Kier alpha value is -3.46. The maximum absolute atomic E-state index is 13.1. The summed E-state index contributed by atoms with van der Waals surface area (Å²) in [5, 5.41) is 5.67. The van der Waals surface area contributed by atoms with E-state index in [0.29, 0.717) is 18.8 Å². The first-order valence-corrected chi connectivity index (χ1v) is 11.7. The van der Waals surface area contributed by atoms with Crippen molar-refractivity contribution >= 4 is 29.2 Å². The second-order valence-electron chi connectivity index (χ2n) is 8.97. The molecule has 0 aliphatic carbocycles. The molecule has 1 aromatic carbocycles. The summed E-state index contributed by atoms with van der Waals surface area (Å²) in [6, 6.07) is 10.9. The minimum atomic E-state index is -0.804. The topological polar surface area (TPSA) is 97.9 Å². The lowest BCUT2D eigenvalue weighted by Crippen LogP contribution is -2.60. The Balaban J connectivity index is 1.33. The predicted octanol–water partition coefficient (Wildman–Crippen LogP) is 1.18. The van der Waals surface area contributed by atoms with Crippen molar-refractivity contribution in [2.45, 2.75) is 26.3 Å². The number of carbonyl (C=O) groups is 3. The lowest BCUT2D eigenvalue weighted by molar-refractivity contribution is -0.145. The number of piperazine rings is 2. The Morgan fingerprint density at radius 1 is 1.06 bits per heavy atom. The van der Waals surface area contributed by atoms with Crippen molar-refractivity contribution in [3.8, 4) is 0 Å². The number of carbonyl (C=O) groups excluding carboxylic acids is 3. The molecular formula is C25H32N6O3. The molecule has 2 fully saturated rings. The van der Waals surface area contributed by atoms with Crippen molar-refractivity contribution < 1.29 is 14.4 Å². The fourth-order valence-corrected chi connectivity index (χ4v) is 4.61. The number of amides is 3. The maximum Gasteiger partial charge on any atom is 0.243 e. The van der Waals surface area contributed by atoms with Gasteiger partial charge in [0.25, 0.3) is 0 Å². The molecule has 2 aromatic rings. The van der Waals surface area contributed by atoms with Gasteiger partial charge in [-0.15, -0.1) is 0 Å². The number of aryl methyl sites for hydroxylation is 2. The van der Waals surface area contributed by atoms with Crippen molar-refractivity contribution in [1.29, 1.82) is 0 Å². The van der Waals surface area contributed by atoms with Crippen LogP contribution >= 0.6 is 0 Å². The monoisotopic (exact) mass is 464 g/mol. The summed E-state index contributed by atoms with van der Waals surface area (Å²) >= 11 is 0. The van der Waals surface area contributed by atoms with Crippen LogP contribution in [0.1, 0.15) is 17.5 Å². The number of hydrogen-bond donors (Lipinski definition) is 2. The molecular weight excluding hydrogens is 432 g/mol. The van der Waals surface area contributed by atoms with E-state index in [9.17, 15) is 14.4 Å². The van der Waals surface area contributed by atoms with Crippen molar-refractivity contribution in [2.24, 2.45) is 0 Å².